The molecule has 0 aromatic heterocycles. The molecule has 0 fully saturated rings. The molecule has 76 valence electrons. The molecular weight excluding hydrogens is 238 g/mol. The molecule has 14 heavy (non-hydrogen) atoms. The molecule has 1 heterocycles. The molecule has 2 rings (SSSR count). The van der Waals surface area contributed by atoms with Gasteiger partial charge in [-0.05, 0) is 35.7 Å². The Morgan fingerprint density at radius 2 is 2.07 bits per heavy atom. The largest absolute Gasteiger partial charge is 0.312 e. The lowest BCUT2D eigenvalue weighted by atomic mass is 9.77. The molecule has 0 saturated carbocycles. The molecule has 1 nitrogen and oxygen atoms in total. The van der Waals surface area contributed by atoms with Gasteiger partial charge in [-0.3, -0.25) is 0 Å². The van der Waals surface area contributed by atoms with Crippen molar-refractivity contribution in [3.63, 3.8) is 0 Å². The molecular formula is C12H16BrN. The zero-order valence-electron chi connectivity index (χ0n) is 8.95. The minimum absolute atomic E-state index is 0.262. The Kier molecular flexibility index (Phi) is 2.44. The first-order valence-electron chi connectivity index (χ1n) is 5.01. The van der Waals surface area contributed by atoms with E-state index in [0.29, 0.717) is 0 Å². The molecule has 0 spiro atoms. The number of benzene rings is 1. The van der Waals surface area contributed by atoms with Crippen LogP contribution in [0.3, 0.4) is 0 Å². The number of halogens is 1. The van der Waals surface area contributed by atoms with Gasteiger partial charge in [0.1, 0.15) is 0 Å². The van der Waals surface area contributed by atoms with Crippen molar-refractivity contribution in [2.24, 2.45) is 0 Å². The van der Waals surface area contributed by atoms with Crippen LogP contribution in [0, 0.1) is 6.92 Å². The van der Waals surface area contributed by atoms with E-state index in [0.717, 1.165) is 13.1 Å². The third-order valence-electron chi connectivity index (χ3n) is 2.94. The molecule has 0 aliphatic carbocycles. The van der Waals surface area contributed by atoms with E-state index in [9.17, 15) is 0 Å². The van der Waals surface area contributed by atoms with Crippen molar-refractivity contribution in [1.82, 2.24) is 5.32 Å². The molecule has 0 bridgehead atoms. The summed E-state index contributed by atoms with van der Waals surface area (Å²) < 4.78 is 1.19. The normalized spacial score (nSPS) is 19.1. The third-order valence-corrected chi connectivity index (χ3v) is 3.40. The Bertz CT molecular complexity index is 369. The number of aryl methyl sites for hydroxylation is 1. The molecule has 0 atom stereocenters. The molecule has 1 aliphatic heterocycles. The Balaban J connectivity index is 2.63. The Hall–Kier alpha value is -0.340. The van der Waals surface area contributed by atoms with Crippen LogP contribution in [0.5, 0.6) is 0 Å². The van der Waals surface area contributed by atoms with Gasteiger partial charge in [-0.2, -0.15) is 0 Å². The van der Waals surface area contributed by atoms with E-state index in [-0.39, 0.29) is 5.41 Å². The summed E-state index contributed by atoms with van der Waals surface area (Å²) in [6, 6.07) is 4.45. The van der Waals surface area contributed by atoms with E-state index in [2.05, 4.69) is 54.2 Å². The highest BCUT2D eigenvalue weighted by atomic mass is 79.9. The average Bonchev–Trinajstić information content (AvgIpc) is 2.00. The minimum atomic E-state index is 0.262. The smallest absolute Gasteiger partial charge is 0.0209 e. The van der Waals surface area contributed by atoms with Crippen LogP contribution in [-0.2, 0) is 12.0 Å². The van der Waals surface area contributed by atoms with Crippen LogP contribution in [0.2, 0.25) is 0 Å². The predicted octanol–water partition coefficient (Wildman–Crippen LogP) is 3.14. The van der Waals surface area contributed by atoms with E-state index in [1.54, 1.807) is 0 Å². The maximum absolute atomic E-state index is 3.55. The topological polar surface area (TPSA) is 12.0 Å². The fourth-order valence-corrected chi connectivity index (χ4v) is 3.14. The summed E-state index contributed by atoms with van der Waals surface area (Å²) in [6.45, 7) is 8.88. The van der Waals surface area contributed by atoms with E-state index >= 15 is 0 Å². The van der Waals surface area contributed by atoms with E-state index < -0.39 is 0 Å². The maximum Gasteiger partial charge on any atom is 0.0209 e. The maximum atomic E-state index is 3.55. The van der Waals surface area contributed by atoms with Crippen molar-refractivity contribution in [3.8, 4) is 0 Å². The van der Waals surface area contributed by atoms with Crippen LogP contribution in [0.1, 0.15) is 30.5 Å². The molecule has 0 amide bonds. The molecule has 1 aromatic carbocycles. The van der Waals surface area contributed by atoms with Gasteiger partial charge in [-0.1, -0.05) is 29.8 Å². The van der Waals surface area contributed by atoms with E-state index in [1.807, 2.05) is 0 Å². The molecule has 2 heteroatoms. The van der Waals surface area contributed by atoms with Crippen LogP contribution in [0.4, 0.5) is 0 Å². The van der Waals surface area contributed by atoms with Gasteiger partial charge in [-0.25, -0.2) is 0 Å². The highest BCUT2D eigenvalue weighted by Gasteiger charge is 2.28. The second kappa shape index (κ2) is 3.35. The Morgan fingerprint density at radius 1 is 1.36 bits per heavy atom. The Labute approximate surface area is 94.0 Å². The fraction of sp³-hybridized carbons (Fsp3) is 0.500. The zero-order chi connectivity index (χ0) is 10.3. The molecule has 1 aromatic rings. The summed E-state index contributed by atoms with van der Waals surface area (Å²) in [5.41, 5.74) is 4.63. The Morgan fingerprint density at radius 3 is 2.79 bits per heavy atom. The number of hydrogen-bond acceptors (Lipinski definition) is 1. The SMILES string of the molecule is Cc1cc(Br)cc2c1C(C)(C)CNC2. The molecule has 1 aliphatic rings. The first-order chi connectivity index (χ1) is 6.50. The zero-order valence-corrected chi connectivity index (χ0v) is 10.5. The summed E-state index contributed by atoms with van der Waals surface area (Å²) in [5.74, 6) is 0. The van der Waals surface area contributed by atoms with Gasteiger partial charge in [0.2, 0.25) is 0 Å². The lowest BCUT2D eigenvalue weighted by Gasteiger charge is -2.34. The minimum Gasteiger partial charge on any atom is -0.312 e. The van der Waals surface area contributed by atoms with Crippen molar-refractivity contribution in [2.45, 2.75) is 32.7 Å². The monoisotopic (exact) mass is 253 g/mol. The number of fused-ring (bicyclic) bond motifs is 1. The van der Waals surface area contributed by atoms with Gasteiger partial charge in [-0.15, -0.1) is 0 Å². The predicted molar refractivity (Wildman–Crippen MR) is 63.6 cm³/mol. The van der Waals surface area contributed by atoms with Crippen LogP contribution in [0.15, 0.2) is 16.6 Å². The fourth-order valence-electron chi connectivity index (χ4n) is 2.52. The summed E-state index contributed by atoms with van der Waals surface area (Å²) in [7, 11) is 0. The number of rotatable bonds is 0. The lowest BCUT2D eigenvalue weighted by Crippen LogP contribution is -2.39. The molecule has 0 unspecified atom stereocenters. The third kappa shape index (κ3) is 1.61. The van der Waals surface area contributed by atoms with Gasteiger partial charge < -0.3 is 5.32 Å². The van der Waals surface area contributed by atoms with Crippen molar-refractivity contribution < 1.29 is 0 Å². The molecule has 1 N–H and O–H groups in total. The van der Waals surface area contributed by atoms with Crippen molar-refractivity contribution in [1.29, 1.82) is 0 Å². The average molecular weight is 254 g/mol. The van der Waals surface area contributed by atoms with Crippen molar-refractivity contribution in [3.05, 3.63) is 33.3 Å². The highest BCUT2D eigenvalue weighted by molar-refractivity contribution is 9.10. The first-order valence-corrected chi connectivity index (χ1v) is 5.80. The number of nitrogens with one attached hydrogen (secondary N) is 1. The van der Waals surface area contributed by atoms with Gasteiger partial charge in [0.25, 0.3) is 0 Å². The summed E-state index contributed by atoms with van der Waals surface area (Å²) in [4.78, 5) is 0. The van der Waals surface area contributed by atoms with E-state index in [4.69, 9.17) is 0 Å². The second-order valence-electron chi connectivity index (χ2n) is 4.74. The quantitative estimate of drug-likeness (QED) is 0.750. The lowest BCUT2D eigenvalue weighted by molar-refractivity contribution is 0.432. The summed E-state index contributed by atoms with van der Waals surface area (Å²) in [6.07, 6.45) is 0. The van der Waals surface area contributed by atoms with Gasteiger partial charge in [0.15, 0.2) is 0 Å². The van der Waals surface area contributed by atoms with Gasteiger partial charge in [0, 0.05) is 23.0 Å². The second-order valence-corrected chi connectivity index (χ2v) is 5.66. The van der Waals surface area contributed by atoms with Crippen LogP contribution in [0.25, 0.3) is 0 Å². The van der Waals surface area contributed by atoms with Crippen LogP contribution in [-0.4, -0.2) is 6.54 Å². The van der Waals surface area contributed by atoms with Gasteiger partial charge in [0.05, 0.1) is 0 Å². The standard InChI is InChI=1S/C12H16BrN/c1-8-4-10(13)5-9-6-14-7-12(2,3)11(8)9/h4-5,14H,6-7H2,1-3H3. The molecule has 0 radical (unpaired) electrons. The van der Waals surface area contributed by atoms with Crippen molar-refractivity contribution in [2.75, 3.05) is 6.54 Å². The number of hydrogen-bond donors (Lipinski definition) is 1. The first kappa shape index (κ1) is 10.2. The summed E-state index contributed by atoms with van der Waals surface area (Å²) in [5, 5.41) is 3.46. The van der Waals surface area contributed by atoms with Crippen LogP contribution >= 0.6 is 15.9 Å². The summed E-state index contributed by atoms with van der Waals surface area (Å²) >= 11 is 3.55. The highest BCUT2D eigenvalue weighted by Crippen LogP contribution is 2.34. The molecule has 0 saturated heterocycles. The van der Waals surface area contributed by atoms with Crippen molar-refractivity contribution >= 4 is 15.9 Å². The van der Waals surface area contributed by atoms with E-state index in [1.165, 1.54) is 21.2 Å². The van der Waals surface area contributed by atoms with Crippen LogP contribution < -0.4 is 5.32 Å². The van der Waals surface area contributed by atoms with Gasteiger partial charge >= 0.3 is 0 Å².